The van der Waals surface area contributed by atoms with E-state index < -0.39 is 0 Å². The number of hydrogen-bond donors (Lipinski definition) is 2. The predicted molar refractivity (Wildman–Crippen MR) is 112 cm³/mol. The molecule has 0 aliphatic heterocycles. The molecule has 1 aromatic heterocycles. The number of aromatic nitrogens is 1. The van der Waals surface area contributed by atoms with Crippen LogP contribution in [0, 0.1) is 11.8 Å². The molecule has 6 nitrogen and oxygen atoms in total. The third-order valence-electron chi connectivity index (χ3n) is 5.63. The minimum atomic E-state index is -0.103. The van der Waals surface area contributed by atoms with Crippen molar-refractivity contribution in [3.8, 4) is 5.75 Å². The van der Waals surface area contributed by atoms with E-state index in [1.54, 1.807) is 32.4 Å². The van der Waals surface area contributed by atoms with Crippen molar-refractivity contribution in [1.82, 2.24) is 15.6 Å². The van der Waals surface area contributed by atoms with Crippen molar-refractivity contribution in [2.75, 3.05) is 13.7 Å². The van der Waals surface area contributed by atoms with E-state index in [9.17, 15) is 9.59 Å². The van der Waals surface area contributed by atoms with Crippen molar-refractivity contribution in [1.29, 1.82) is 0 Å². The summed E-state index contributed by atoms with van der Waals surface area (Å²) in [6, 6.07) is 13.0. The molecule has 1 saturated carbocycles. The van der Waals surface area contributed by atoms with Crippen molar-refractivity contribution in [3.05, 3.63) is 59.9 Å². The van der Waals surface area contributed by atoms with Gasteiger partial charge in [0, 0.05) is 19.7 Å². The lowest BCUT2D eigenvalue weighted by Crippen LogP contribution is -2.36. The van der Waals surface area contributed by atoms with Gasteiger partial charge in [-0.15, -0.1) is 0 Å². The highest BCUT2D eigenvalue weighted by Crippen LogP contribution is 2.36. The molecule has 1 aliphatic carbocycles. The van der Waals surface area contributed by atoms with Gasteiger partial charge in [-0.1, -0.05) is 18.2 Å². The van der Waals surface area contributed by atoms with Crippen LogP contribution < -0.4 is 15.4 Å². The summed E-state index contributed by atoms with van der Waals surface area (Å²) >= 11 is 0. The Kier molecular flexibility index (Phi) is 7.22. The normalized spacial score (nSPS) is 19.8. The van der Waals surface area contributed by atoms with Crippen LogP contribution in [0.1, 0.15) is 54.7 Å². The minimum Gasteiger partial charge on any atom is -0.496 e. The number of benzene rings is 1. The molecule has 0 radical (unpaired) electrons. The lowest BCUT2D eigenvalue weighted by Gasteiger charge is -2.34. The molecular formula is C23H29N3O3. The summed E-state index contributed by atoms with van der Waals surface area (Å²) in [5.74, 6) is 1.24. The molecule has 29 heavy (non-hydrogen) atoms. The number of nitrogens with one attached hydrogen (secondary N) is 2. The summed E-state index contributed by atoms with van der Waals surface area (Å²) in [5.41, 5.74) is 1.47. The Balaban J connectivity index is 1.54. The number of methoxy groups -OCH3 is 1. The first-order chi connectivity index (χ1) is 14.1. The lowest BCUT2D eigenvalue weighted by atomic mass is 9.77. The standard InChI is InChI=1S/C23H29N3O3/c1-16(27)26-22(20-8-5-6-14-24-20)18-12-10-17(11-13-18)15-25-23(28)19-7-3-4-9-21(19)29-2/h3-9,14,17-18,22H,10-13,15H2,1-2H3,(H,25,28)(H,26,27)/t17?,18?,22-/m1/s1. The van der Waals surface area contributed by atoms with Crippen molar-refractivity contribution in [2.24, 2.45) is 11.8 Å². The van der Waals surface area contributed by atoms with Crippen LogP contribution >= 0.6 is 0 Å². The number of nitrogens with zero attached hydrogens (tertiary/aromatic N) is 1. The zero-order chi connectivity index (χ0) is 20.6. The number of amides is 2. The number of rotatable bonds is 7. The van der Waals surface area contributed by atoms with E-state index in [1.165, 1.54) is 0 Å². The van der Waals surface area contributed by atoms with Gasteiger partial charge in [0.05, 0.1) is 24.4 Å². The number of hydrogen-bond acceptors (Lipinski definition) is 4. The van der Waals surface area contributed by atoms with E-state index in [1.807, 2.05) is 30.3 Å². The van der Waals surface area contributed by atoms with Gasteiger partial charge in [-0.3, -0.25) is 14.6 Å². The second-order valence-electron chi connectivity index (χ2n) is 7.62. The molecule has 1 aromatic carbocycles. The van der Waals surface area contributed by atoms with E-state index in [4.69, 9.17) is 4.74 Å². The summed E-state index contributed by atoms with van der Waals surface area (Å²) < 4.78 is 5.27. The van der Waals surface area contributed by atoms with Crippen LogP contribution in [0.15, 0.2) is 48.7 Å². The summed E-state index contributed by atoms with van der Waals surface area (Å²) in [6.45, 7) is 2.20. The number of carbonyl (C=O) groups is 2. The number of pyridine rings is 1. The van der Waals surface area contributed by atoms with E-state index in [0.717, 1.165) is 31.4 Å². The lowest BCUT2D eigenvalue weighted by molar-refractivity contribution is -0.120. The first kappa shape index (κ1) is 20.8. The maximum Gasteiger partial charge on any atom is 0.255 e. The largest absolute Gasteiger partial charge is 0.496 e. The van der Waals surface area contributed by atoms with Gasteiger partial charge in [0.15, 0.2) is 0 Å². The highest BCUT2D eigenvalue weighted by atomic mass is 16.5. The smallest absolute Gasteiger partial charge is 0.255 e. The summed E-state index contributed by atoms with van der Waals surface area (Å²) in [5, 5.41) is 6.13. The first-order valence-electron chi connectivity index (χ1n) is 10.2. The van der Waals surface area contributed by atoms with Crippen LogP contribution in [0.4, 0.5) is 0 Å². The van der Waals surface area contributed by atoms with Crippen LogP contribution in [0.5, 0.6) is 5.75 Å². The molecule has 1 atom stereocenters. The molecule has 2 aromatic rings. The average Bonchev–Trinajstić information content (AvgIpc) is 2.76. The molecule has 3 rings (SSSR count). The molecule has 0 spiro atoms. The SMILES string of the molecule is COc1ccccc1C(=O)NCC1CCC([C@@H](NC(C)=O)c2ccccn2)CC1. The van der Waals surface area contributed by atoms with Crippen LogP contribution in [0.2, 0.25) is 0 Å². The van der Waals surface area contributed by atoms with E-state index in [-0.39, 0.29) is 17.9 Å². The van der Waals surface area contributed by atoms with Crippen molar-refractivity contribution < 1.29 is 14.3 Å². The molecule has 1 fully saturated rings. The Morgan fingerprint density at radius 3 is 2.48 bits per heavy atom. The Bertz CT molecular complexity index is 817. The zero-order valence-corrected chi connectivity index (χ0v) is 17.1. The van der Waals surface area contributed by atoms with Gasteiger partial charge in [-0.05, 0) is 61.8 Å². The minimum absolute atomic E-state index is 0.0353. The monoisotopic (exact) mass is 395 g/mol. The quantitative estimate of drug-likeness (QED) is 0.752. The van der Waals surface area contributed by atoms with E-state index >= 15 is 0 Å². The molecule has 6 heteroatoms. The number of para-hydroxylation sites is 1. The number of carbonyl (C=O) groups excluding carboxylic acids is 2. The van der Waals surface area contributed by atoms with Crippen LogP contribution in [-0.4, -0.2) is 30.5 Å². The molecule has 2 N–H and O–H groups in total. The fourth-order valence-electron chi connectivity index (χ4n) is 4.10. The Morgan fingerprint density at radius 1 is 1.10 bits per heavy atom. The average molecular weight is 396 g/mol. The maximum atomic E-state index is 12.5. The Hall–Kier alpha value is -2.89. The van der Waals surface area contributed by atoms with Gasteiger partial charge in [-0.25, -0.2) is 0 Å². The van der Waals surface area contributed by atoms with Crippen molar-refractivity contribution in [3.63, 3.8) is 0 Å². The zero-order valence-electron chi connectivity index (χ0n) is 17.1. The fraction of sp³-hybridized carbons (Fsp3) is 0.435. The van der Waals surface area contributed by atoms with Gasteiger partial charge in [-0.2, -0.15) is 0 Å². The molecule has 2 amide bonds. The molecule has 154 valence electrons. The van der Waals surface area contributed by atoms with Crippen LogP contribution in [0.3, 0.4) is 0 Å². The van der Waals surface area contributed by atoms with E-state index in [0.29, 0.717) is 29.7 Å². The molecule has 0 bridgehead atoms. The van der Waals surface area contributed by atoms with E-state index in [2.05, 4.69) is 15.6 Å². The fourth-order valence-corrected chi connectivity index (χ4v) is 4.10. The van der Waals surface area contributed by atoms with Gasteiger partial charge >= 0.3 is 0 Å². The molecule has 0 unspecified atom stereocenters. The van der Waals surface area contributed by atoms with Crippen molar-refractivity contribution in [2.45, 2.75) is 38.6 Å². The molecule has 0 saturated heterocycles. The maximum absolute atomic E-state index is 12.5. The summed E-state index contributed by atoms with van der Waals surface area (Å²) in [6.07, 6.45) is 5.79. The van der Waals surface area contributed by atoms with Crippen molar-refractivity contribution >= 4 is 11.8 Å². The first-order valence-corrected chi connectivity index (χ1v) is 10.2. The molecular weight excluding hydrogens is 366 g/mol. The van der Waals surface area contributed by atoms with Gasteiger partial charge in [0.25, 0.3) is 5.91 Å². The Labute approximate surface area is 172 Å². The topological polar surface area (TPSA) is 80.3 Å². The predicted octanol–water partition coefficient (Wildman–Crippen LogP) is 3.50. The highest BCUT2D eigenvalue weighted by molar-refractivity contribution is 5.96. The third kappa shape index (κ3) is 5.56. The van der Waals surface area contributed by atoms with Crippen LogP contribution in [-0.2, 0) is 4.79 Å². The second-order valence-corrected chi connectivity index (χ2v) is 7.62. The van der Waals surface area contributed by atoms with Gasteiger partial charge in [0.1, 0.15) is 5.75 Å². The van der Waals surface area contributed by atoms with Gasteiger partial charge < -0.3 is 15.4 Å². The van der Waals surface area contributed by atoms with Crippen LogP contribution in [0.25, 0.3) is 0 Å². The number of ether oxygens (including phenoxy) is 1. The second kappa shape index (κ2) is 10.0. The molecule has 1 aliphatic rings. The van der Waals surface area contributed by atoms with Gasteiger partial charge in [0.2, 0.25) is 5.91 Å². The highest BCUT2D eigenvalue weighted by Gasteiger charge is 2.30. The molecule has 1 heterocycles. The third-order valence-corrected chi connectivity index (χ3v) is 5.63. The Morgan fingerprint density at radius 2 is 1.83 bits per heavy atom. The summed E-state index contributed by atoms with van der Waals surface area (Å²) in [7, 11) is 1.57. The summed E-state index contributed by atoms with van der Waals surface area (Å²) in [4.78, 5) is 28.7.